The molecule has 0 aliphatic carbocycles. The third-order valence-corrected chi connectivity index (χ3v) is 12.0. The third kappa shape index (κ3) is 10.4. The Kier molecular flexibility index (Phi) is 14.6. The van der Waals surface area contributed by atoms with E-state index in [9.17, 15) is 0 Å². The van der Waals surface area contributed by atoms with Crippen molar-refractivity contribution in [2.45, 2.75) is 85.3 Å². The van der Waals surface area contributed by atoms with Gasteiger partial charge in [-0.25, -0.2) is 0 Å². The van der Waals surface area contributed by atoms with E-state index in [-0.39, 0.29) is 6.10 Å². The van der Waals surface area contributed by atoms with Gasteiger partial charge in [-0.2, -0.15) is 0 Å². The van der Waals surface area contributed by atoms with E-state index in [4.69, 9.17) is 37.0 Å². The maximum Gasteiger partial charge on any atom is 0.501 e. The summed E-state index contributed by atoms with van der Waals surface area (Å²) in [4.78, 5) is 0. The van der Waals surface area contributed by atoms with Crippen molar-refractivity contribution >= 4 is 30.3 Å². The Hall–Kier alpha value is -3.34. The van der Waals surface area contributed by atoms with Crippen LogP contribution in [0.5, 0.6) is 23.0 Å². The van der Waals surface area contributed by atoms with E-state index in [2.05, 4.69) is 68.4 Å². The number of unbranched alkanes of at least 4 members (excludes halogenated alkanes) is 2. The predicted molar refractivity (Wildman–Crippen MR) is 202 cm³/mol. The second kappa shape index (κ2) is 19.3. The van der Waals surface area contributed by atoms with Gasteiger partial charge in [0.25, 0.3) is 0 Å². The molecule has 9 heteroatoms. The molecule has 4 aromatic rings. The Morgan fingerprint density at radius 1 is 0.600 bits per heavy atom. The lowest BCUT2D eigenvalue weighted by molar-refractivity contribution is 0.0696. The molecule has 1 aliphatic rings. The molecule has 1 fully saturated rings. The van der Waals surface area contributed by atoms with E-state index in [1.165, 1.54) is 0 Å². The Morgan fingerprint density at radius 3 is 1.58 bits per heavy atom. The van der Waals surface area contributed by atoms with Crippen molar-refractivity contribution in [2.24, 2.45) is 0 Å². The van der Waals surface area contributed by atoms with Crippen molar-refractivity contribution in [3.05, 3.63) is 71.8 Å². The van der Waals surface area contributed by atoms with Crippen molar-refractivity contribution in [1.29, 1.82) is 0 Å². The molecule has 8 nitrogen and oxygen atoms in total. The Labute approximate surface area is 299 Å². The molecule has 0 spiro atoms. The highest BCUT2D eigenvalue weighted by atomic mass is 28.4. The molecule has 0 amide bonds. The molecule has 1 heterocycles. The van der Waals surface area contributed by atoms with Crippen LogP contribution in [0.15, 0.2) is 60.7 Å². The van der Waals surface area contributed by atoms with Crippen molar-refractivity contribution in [2.75, 3.05) is 52.9 Å². The first-order valence-corrected chi connectivity index (χ1v) is 20.6. The van der Waals surface area contributed by atoms with Gasteiger partial charge in [-0.3, -0.25) is 0 Å². The zero-order valence-electron chi connectivity index (χ0n) is 30.7. The van der Waals surface area contributed by atoms with Gasteiger partial charge < -0.3 is 37.0 Å². The van der Waals surface area contributed by atoms with Crippen LogP contribution in [0.2, 0.25) is 6.04 Å². The van der Waals surface area contributed by atoms with Crippen molar-refractivity contribution < 1.29 is 37.0 Å². The molecule has 1 atom stereocenters. The van der Waals surface area contributed by atoms with Gasteiger partial charge in [-0.15, -0.1) is 0 Å². The standard InChI is InChI=1S/C41H56O8Si/c1-6-11-22-42-33-18-14-31-16-20-40(43-23-12-7-2)38(36(31)26-33)28-39-37-27-34(45-29-35-30-46-35)19-15-32(37)17-21-41(39)44-24-13-25-50(47-8-3,48-9-4)49-10-5/h14-21,26-27,35H,6-13,22-25,28-30H2,1-5H3. The van der Waals surface area contributed by atoms with E-state index in [0.717, 1.165) is 94.4 Å². The van der Waals surface area contributed by atoms with E-state index in [0.29, 0.717) is 58.7 Å². The highest BCUT2D eigenvalue weighted by Crippen LogP contribution is 2.39. The summed E-state index contributed by atoms with van der Waals surface area (Å²) in [6, 6.07) is 21.8. The summed E-state index contributed by atoms with van der Waals surface area (Å²) in [6.07, 6.45) is 5.68. The number of fused-ring (bicyclic) bond motifs is 2. The van der Waals surface area contributed by atoms with Crippen LogP contribution in [0.3, 0.4) is 0 Å². The molecular formula is C41H56O8Si. The smallest absolute Gasteiger partial charge is 0.494 e. The first-order chi connectivity index (χ1) is 24.5. The molecule has 4 aromatic carbocycles. The first kappa shape index (κ1) is 37.9. The Bertz CT molecular complexity index is 1620. The quantitative estimate of drug-likeness (QED) is 0.0406. The molecule has 0 bridgehead atoms. The molecule has 272 valence electrons. The Balaban J connectivity index is 1.52. The van der Waals surface area contributed by atoms with E-state index < -0.39 is 8.80 Å². The molecule has 0 radical (unpaired) electrons. The zero-order chi connectivity index (χ0) is 35.2. The molecule has 0 aromatic heterocycles. The van der Waals surface area contributed by atoms with Crippen LogP contribution in [-0.4, -0.2) is 67.8 Å². The Morgan fingerprint density at radius 2 is 1.08 bits per heavy atom. The number of ether oxygens (including phenoxy) is 5. The van der Waals surface area contributed by atoms with Gasteiger partial charge in [-0.1, -0.05) is 51.0 Å². The van der Waals surface area contributed by atoms with E-state index >= 15 is 0 Å². The average molecular weight is 705 g/mol. The fourth-order valence-electron chi connectivity index (χ4n) is 6.16. The summed E-state index contributed by atoms with van der Waals surface area (Å²) in [5.74, 6) is 3.41. The fraction of sp³-hybridized carbons (Fsp3) is 0.512. The number of epoxide rings is 1. The van der Waals surface area contributed by atoms with Crippen LogP contribution in [0.4, 0.5) is 0 Å². The lowest BCUT2D eigenvalue weighted by Gasteiger charge is -2.28. The van der Waals surface area contributed by atoms with Gasteiger partial charge in [0.05, 0.1) is 26.4 Å². The summed E-state index contributed by atoms with van der Waals surface area (Å²) in [5, 5.41) is 4.47. The monoisotopic (exact) mass is 704 g/mol. The summed E-state index contributed by atoms with van der Waals surface area (Å²) < 4.78 is 49.2. The largest absolute Gasteiger partial charge is 0.501 e. The summed E-state index contributed by atoms with van der Waals surface area (Å²) in [5.41, 5.74) is 2.20. The number of benzene rings is 4. The van der Waals surface area contributed by atoms with Gasteiger partial charge in [0.15, 0.2) is 0 Å². The van der Waals surface area contributed by atoms with E-state index in [1.807, 2.05) is 26.8 Å². The molecule has 0 saturated carbocycles. The number of hydrogen-bond donors (Lipinski definition) is 0. The van der Waals surface area contributed by atoms with Gasteiger partial charge >= 0.3 is 8.80 Å². The van der Waals surface area contributed by atoms with Gasteiger partial charge in [0.1, 0.15) is 35.7 Å². The van der Waals surface area contributed by atoms with Crippen LogP contribution < -0.4 is 18.9 Å². The SMILES string of the molecule is CCCCOc1ccc2ccc(OCCCC)c(Cc3c(OCCC[Si](OCC)(OCC)OCC)ccc4ccc(OCC5CO5)cc34)c2c1. The second-order valence-electron chi connectivity index (χ2n) is 12.6. The lowest BCUT2D eigenvalue weighted by Crippen LogP contribution is -2.46. The number of hydrogen-bond acceptors (Lipinski definition) is 8. The summed E-state index contributed by atoms with van der Waals surface area (Å²) >= 11 is 0. The molecule has 0 N–H and O–H groups in total. The van der Waals surface area contributed by atoms with E-state index in [1.54, 1.807) is 0 Å². The normalized spacial score (nSPS) is 14.3. The number of rotatable bonds is 24. The molecular weight excluding hydrogens is 649 g/mol. The maximum absolute atomic E-state index is 6.66. The first-order valence-electron chi connectivity index (χ1n) is 18.7. The van der Waals surface area contributed by atoms with Crippen LogP contribution in [-0.2, 0) is 24.4 Å². The van der Waals surface area contributed by atoms with Crippen LogP contribution >= 0.6 is 0 Å². The van der Waals surface area contributed by atoms with Crippen molar-refractivity contribution in [3.8, 4) is 23.0 Å². The van der Waals surface area contributed by atoms with Crippen molar-refractivity contribution in [1.82, 2.24) is 0 Å². The lowest BCUT2D eigenvalue weighted by atomic mass is 9.93. The highest BCUT2D eigenvalue weighted by molar-refractivity contribution is 6.60. The van der Waals surface area contributed by atoms with Crippen molar-refractivity contribution in [3.63, 3.8) is 0 Å². The maximum atomic E-state index is 6.66. The summed E-state index contributed by atoms with van der Waals surface area (Å²) in [6.45, 7) is 15.1. The van der Waals surface area contributed by atoms with Gasteiger partial charge in [0.2, 0.25) is 0 Å². The minimum atomic E-state index is -2.78. The average Bonchev–Trinajstić information content (AvgIpc) is 3.96. The zero-order valence-corrected chi connectivity index (χ0v) is 31.7. The second-order valence-corrected chi connectivity index (χ2v) is 15.4. The minimum Gasteiger partial charge on any atom is -0.494 e. The molecule has 1 unspecified atom stereocenters. The molecule has 5 rings (SSSR count). The molecule has 1 saturated heterocycles. The highest BCUT2D eigenvalue weighted by Gasteiger charge is 2.39. The van der Waals surface area contributed by atoms with Crippen LogP contribution in [0, 0.1) is 0 Å². The minimum absolute atomic E-state index is 0.174. The topological polar surface area (TPSA) is 77.1 Å². The molecule has 50 heavy (non-hydrogen) atoms. The van der Waals surface area contributed by atoms with Crippen LogP contribution in [0.25, 0.3) is 21.5 Å². The molecule has 1 aliphatic heterocycles. The summed E-state index contributed by atoms with van der Waals surface area (Å²) in [7, 11) is -2.78. The fourth-order valence-corrected chi connectivity index (χ4v) is 8.74. The predicted octanol–water partition coefficient (Wildman–Crippen LogP) is 9.54. The van der Waals surface area contributed by atoms with Gasteiger partial charge in [-0.05, 0) is 98.0 Å². The van der Waals surface area contributed by atoms with Crippen LogP contribution in [0.1, 0.15) is 77.8 Å². The third-order valence-electron chi connectivity index (χ3n) is 8.81. The van der Waals surface area contributed by atoms with Gasteiger partial charge in [0, 0.05) is 43.4 Å².